The van der Waals surface area contributed by atoms with Crippen molar-refractivity contribution in [3.63, 3.8) is 0 Å². The van der Waals surface area contributed by atoms with Gasteiger partial charge < -0.3 is 14.8 Å². The number of nitro groups is 1. The molecule has 0 fully saturated rings. The van der Waals surface area contributed by atoms with E-state index in [-0.39, 0.29) is 22.9 Å². The van der Waals surface area contributed by atoms with Crippen LogP contribution in [-0.4, -0.2) is 17.6 Å². The normalized spacial score (nSPS) is 9.88. The molecule has 7 heteroatoms. The van der Waals surface area contributed by atoms with Crippen LogP contribution in [0.5, 0.6) is 0 Å². The first-order valence-corrected chi connectivity index (χ1v) is 4.77. The summed E-state index contributed by atoms with van der Waals surface area (Å²) >= 11 is 5.66. The maximum Gasteiger partial charge on any atom is 0.273 e. The Morgan fingerprint density at radius 1 is 1.50 bits per heavy atom. The van der Waals surface area contributed by atoms with E-state index in [0.717, 1.165) is 17.0 Å². The molecule has 0 atom stereocenters. The van der Waals surface area contributed by atoms with Crippen LogP contribution in [0.15, 0.2) is 18.2 Å². The molecule has 0 heterocycles. The van der Waals surface area contributed by atoms with Gasteiger partial charge in [0, 0.05) is 23.7 Å². The van der Waals surface area contributed by atoms with Gasteiger partial charge in [0.1, 0.15) is 6.09 Å². The summed E-state index contributed by atoms with van der Waals surface area (Å²) in [6.07, 6.45) is -1.43. The number of nitrogens with zero attached hydrogens (tertiary/aromatic N) is 2. The van der Waals surface area contributed by atoms with E-state index in [4.69, 9.17) is 11.6 Å². The molecule has 86 valence electrons. The zero-order valence-corrected chi connectivity index (χ0v) is 9.10. The van der Waals surface area contributed by atoms with Gasteiger partial charge in [-0.25, -0.2) is 0 Å². The van der Waals surface area contributed by atoms with Crippen molar-refractivity contribution in [3.05, 3.63) is 33.3 Å². The molecule has 0 saturated carbocycles. The number of non-ortho nitro benzene ring substituents is 1. The van der Waals surface area contributed by atoms with Crippen LogP contribution >= 0.6 is 11.6 Å². The van der Waals surface area contributed by atoms with Gasteiger partial charge in [-0.05, 0) is 13.0 Å². The Morgan fingerprint density at radius 2 is 2.12 bits per heavy atom. The highest BCUT2D eigenvalue weighted by Crippen LogP contribution is 2.26. The third-order valence-electron chi connectivity index (χ3n) is 1.93. The van der Waals surface area contributed by atoms with Crippen molar-refractivity contribution in [1.82, 2.24) is 0 Å². The number of carbonyl (C=O) groups excluding carboxylic acids is 1. The molecule has 16 heavy (non-hydrogen) atoms. The summed E-state index contributed by atoms with van der Waals surface area (Å²) < 4.78 is 0. The van der Waals surface area contributed by atoms with Crippen LogP contribution in [-0.2, 0) is 0 Å². The smallest absolute Gasteiger partial charge is 0.273 e. The topological polar surface area (TPSA) is 86.5 Å². The zero-order chi connectivity index (χ0) is 12.3. The summed E-state index contributed by atoms with van der Waals surface area (Å²) in [5, 5.41) is 21.4. The summed E-state index contributed by atoms with van der Waals surface area (Å²) in [6, 6.07) is 3.60. The quantitative estimate of drug-likeness (QED) is 0.593. The number of carbonyl (C=O) groups is 1. The van der Waals surface area contributed by atoms with Crippen molar-refractivity contribution in [3.8, 4) is 0 Å². The van der Waals surface area contributed by atoms with Crippen LogP contribution in [0.4, 0.5) is 16.2 Å². The second kappa shape index (κ2) is 4.80. The van der Waals surface area contributed by atoms with Crippen LogP contribution in [0.25, 0.3) is 0 Å². The van der Waals surface area contributed by atoms with Crippen molar-refractivity contribution >= 4 is 29.1 Å². The van der Waals surface area contributed by atoms with E-state index in [2.05, 4.69) is 0 Å². The van der Waals surface area contributed by atoms with Gasteiger partial charge in [-0.1, -0.05) is 11.6 Å². The average molecular weight is 244 g/mol. The van der Waals surface area contributed by atoms with E-state index >= 15 is 0 Å². The number of carboxylic acid groups (broad SMARTS) is 1. The van der Waals surface area contributed by atoms with Gasteiger partial charge in [-0.3, -0.25) is 10.1 Å². The number of amides is 1. The summed E-state index contributed by atoms with van der Waals surface area (Å²) in [6.45, 7) is 1.71. The third kappa shape index (κ3) is 2.60. The Hall–Kier alpha value is -1.82. The van der Waals surface area contributed by atoms with E-state index in [9.17, 15) is 20.0 Å². The molecule has 0 aliphatic heterocycles. The lowest BCUT2D eigenvalue weighted by Crippen LogP contribution is -2.41. The molecule has 0 radical (unpaired) electrons. The Bertz CT molecular complexity index is 436. The summed E-state index contributed by atoms with van der Waals surface area (Å²) in [4.78, 5) is 21.5. The van der Waals surface area contributed by atoms with Gasteiger partial charge in [0.2, 0.25) is 0 Å². The molecular formula is C9H8ClN2O4-. The minimum atomic E-state index is -1.43. The molecule has 0 unspecified atom stereocenters. The molecule has 0 N–H and O–H groups in total. The first-order valence-electron chi connectivity index (χ1n) is 4.39. The molecule has 6 nitrogen and oxygen atoms in total. The fraction of sp³-hybridized carbons (Fsp3) is 0.222. The fourth-order valence-electron chi connectivity index (χ4n) is 1.24. The highest BCUT2D eigenvalue weighted by Gasteiger charge is 2.13. The SMILES string of the molecule is CCN(C(=O)[O-])c1cc(Cl)cc([N+](=O)[O-])c1. The molecule has 1 rings (SSSR count). The van der Waals surface area contributed by atoms with Gasteiger partial charge >= 0.3 is 0 Å². The van der Waals surface area contributed by atoms with Crippen molar-refractivity contribution in [2.24, 2.45) is 0 Å². The molecule has 1 aromatic rings. The maximum absolute atomic E-state index is 10.7. The second-order valence-corrected chi connectivity index (χ2v) is 3.37. The van der Waals surface area contributed by atoms with Gasteiger partial charge in [-0.2, -0.15) is 0 Å². The fourth-order valence-corrected chi connectivity index (χ4v) is 1.46. The first-order chi connectivity index (χ1) is 7.45. The van der Waals surface area contributed by atoms with Gasteiger partial charge in [0.15, 0.2) is 0 Å². The number of halogens is 1. The van der Waals surface area contributed by atoms with E-state index in [1.165, 1.54) is 6.07 Å². The van der Waals surface area contributed by atoms with E-state index in [1.54, 1.807) is 6.92 Å². The van der Waals surface area contributed by atoms with E-state index in [1.807, 2.05) is 0 Å². The molecule has 0 aliphatic carbocycles. The Balaban J connectivity index is 3.22. The molecule has 0 aliphatic rings. The van der Waals surface area contributed by atoms with Crippen molar-refractivity contribution in [2.45, 2.75) is 6.92 Å². The molecule has 1 aromatic carbocycles. The van der Waals surface area contributed by atoms with Crippen LogP contribution < -0.4 is 10.0 Å². The Morgan fingerprint density at radius 3 is 2.56 bits per heavy atom. The van der Waals surface area contributed by atoms with Crippen LogP contribution in [0, 0.1) is 10.1 Å². The molecular weight excluding hydrogens is 236 g/mol. The van der Waals surface area contributed by atoms with Crippen LogP contribution in [0.3, 0.4) is 0 Å². The highest BCUT2D eigenvalue weighted by molar-refractivity contribution is 6.31. The van der Waals surface area contributed by atoms with Crippen molar-refractivity contribution in [1.29, 1.82) is 0 Å². The Labute approximate surface area is 96.2 Å². The Kier molecular flexibility index (Phi) is 3.68. The van der Waals surface area contributed by atoms with Crippen LogP contribution in [0.1, 0.15) is 6.92 Å². The number of rotatable bonds is 3. The first kappa shape index (κ1) is 12.3. The van der Waals surface area contributed by atoms with Crippen molar-refractivity contribution in [2.75, 3.05) is 11.4 Å². The predicted molar refractivity (Wildman–Crippen MR) is 56.5 cm³/mol. The van der Waals surface area contributed by atoms with Gasteiger partial charge in [-0.15, -0.1) is 0 Å². The van der Waals surface area contributed by atoms with Crippen molar-refractivity contribution < 1.29 is 14.8 Å². The second-order valence-electron chi connectivity index (χ2n) is 2.93. The largest absolute Gasteiger partial charge is 0.530 e. The third-order valence-corrected chi connectivity index (χ3v) is 2.14. The highest BCUT2D eigenvalue weighted by atomic mass is 35.5. The summed E-state index contributed by atoms with van der Waals surface area (Å²) in [5.41, 5.74) is -0.135. The lowest BCUT2D eigenvalue weighted by molar-refractivity contribution is -0.384. The number of hydrogen-bond donors (Lipinski definition) is 0. The van der Waals surface area contributed by atoms with E-state index in [0.29, 0.717) is 0 Å². The number of anilines is 1. The maximum atomic E-state index is 10.7. The monoisotopic (exact) mass is 243 g/mol. The lowest BCUT2D eigenvalue weighted by atomic mass is 10.2. The number of benzene rings is 1. The minimum Gasteiger partial charge on any atom is -0.530 e. The summed E-state index contributed by atoms with van der Waals surface area (Å²) in [7, 11) is 0. The average Bonchev–Trinajstić information content (AvgIpc) is 2.17. The molecule has 0 bridgehead atoms. The summed E-state index contributed by atoms with van der Waals surface area (Å²) in [5.74, 6) is 0. The molecule has 0 aromatic heterocycles. The van der Waals surface area contributed by atoms with E-state index < -0.39 is 11.0 Å². The lowest BCUT2D eigenvalue weighted by Gasteiger charge is -2.23. The zero-order valence-electron chi connectivity index (χ0n) is 8.34. The molecule has 1 amide bonds. The number of hydrogen-bond acceptors (Lipinski definition) is 4. The molecule has 0 spiro atoms. The minimum absolute atomic E-state index is 0.101. The van der Waals surface area contributed by atoms with Gasteiger partial charge in [0.05, 0.1) is 10.6 Å². The predicted octanol–water partition coefficient (Wildman–Crippen LogP) is 1.42. The number of nitro benzene ring substituents is 1. The standard InChI is InChI=1S/C9H9ClN2O4/c1-2-11(9(13)14)7-3-6(10)4-8(5-7)12(15)16/h3-5H,2H2,1H3,(H,13,14)/p-1. The van der Waals surface area contributed by atoms with Crippen LogP contribution in [0.2, 0.25) is 5.02 Å². The van der Waals surface area contributed by atoms with Gasteiger partial charge in [0.25, 0.3) is 5.69 Å². The molecule has 0 saturated heterocycles.